The zero-order valence-corrected chi connectivity index (χ0v) is 6.14. The van der Waals surface area contributed by atoms with Gasteiger partial charge in [-0.25, -0.2) is 11.3 Å². The quantitative estimate of drug-likeness (QED) is 0.461. The first-order chi connectivity index (χ1) is 5.43. The lowest BCUT2D eigenvalue weighted by atomic mass is 10.3. The molecule has 1 heterocycles. The molecule has 5 nitrogen and oxygen atoms in total. The summed E-state index contributed by atoms with van der Waals surface area (Å²) < 4.78 is 1.67. The van der Waals surface area contributed by atoms with E-state index in [0.717, 1.165) is 19.4 Å². The molecule has 0 bridgehead atoms. The molecule has 5 heteroatoms. The van der Waals surface area contributed by atoms with Gasteiger partial charge in [-0.15, -0.1) is 5.10 Å². The first-order valence-electron chi connectivity index (χ1n) is 3.47. The van der Waals surface area contributed by atoms with Crippen LogP contribution in [0.25, 0.3) is 4.85 Å². The van der Waals surface area contributed by atoms with Crippen molar-refractivity contribution >= 4 is 0 Å². The number of unbranched alkanes of at least 4 members (excludes halogenated alkanes) is 1. The topological polar surface area (TPSA) is 48.0 Å². The van der Waals surface area contributed by atoms with Crippen LogP contribution in [0.1, 0.15) is 12.8 Å². The Bertz CT molecular complexity index is 222. The van der Waals surface area contributed by atoms with Crippen LogP contribution in [-0.4, -0.2) is 26.8 Å². The molecular weight excluding hydrogens is 142 g/mol. The lowest BCUT2D eigenvalue weighted by molar-refractivity contribution is 0.550. The number of aryl methyl sites for hydroxylation is 1. The van der Waals surface area contributed by atoms with Gasteiger partial charge in [-0.05, 0) is 16.8 Å². The summed E-state index contributed by atoms with van der Waals surface area (Å²) in [6.45, 7) is 7.94. The summed E-state index contributed by atoms with van der Waals surface area (Å²) in [4.78, 5) is 3.24. The molecule has 0 aliphatic heterocycles. The molecule has 0 aromatic carbocycles. The molecule has 0 aliphatic rings. The Morgan fingerprint density at radius 1 is 1.45 bits per heavy atom. The second kappa shape index (κ2) is 4.39. The van der Waals surface area contributed by atoms with Crippen molar-refractivity contribution in [2.45, 2.75) is 19.4 Å². The summed E-state index contributed by atoms with van der Waals surface area (Å²) in [5.74, 6) is 0. The lowest BCUT2D eigenvalue weighted by Gasteiger charge is -1.93. The van der Waals surface area contributed by atoms with E-state index in [2.05, 4.69) is 20.4 Å². The fraction of sp³-hybridized carbons (Fsp3) is 0.667. The van der Waals surface area contributed by atoms with E-state index >= 15 is 0 Å². The van der Waals surface area contributed by atoms with E-state index in [9.17, 15) is 0 Å². The number of hydrogen-bond acceptors (Lipinski definition) is 3. The highest BCUT2D eigenvalue weighted by molar-refractivity contribution is 4.58. The number of aromatic nitrogens is 4. The van der Waals surface area contributed by atoms with Gasteiger partial charge in [-0.3, -0.25) is 0 Å². The molecule has 58 valence electrons. The van der Waals surface area contributed by atoms with Gasteiger partial charge in [0.05, 0.1) is 0 Å². The van der Waals surface area contributed by atoms with Gasteiger partial charge in [0.15, 0.2) is 0 Å². The molecule has 0 aliphatic carbocycles. The second-order valence-corrected chi connectivity index (χ2v) is 2.16. The van der Waals surface area contributed by atoms with E-state index in [4.69, 9.17) is 6.57 Å². The number of tetrazole rings is 1. The van der Waals surface area contributed by atoms with Crippen LogP contribution in [0.4, 0.5) is 0 Å². The summed E-state index contributed by atoms with van der Waals surface area (Å²) in [5.41, 5.74) is 0. The predicted molar refractivity (Wildman–Crippen MR) is 38.5 cm³/mol. The van der Waals surface area contributed by atoms with Crippen LogP contribution in [0, 0.1) is 6.57 Å². The van der Waals surface area contributed by atoms with E-state index in [1.165, 1.54) is 0 Å². The van der Waals surface area contributed by atoms with Gasteiger partial charge < -0.3 is 4.85 Å². The van der Waals surface area contributed by atoms with Crippen molar-refractivity contribution in [2.24, 2.45) is 0 Å². The molecule has 0 amide bonds. The average Bonchev–Trinajstić information content (AvgIpc) is 2.50. The van der Waals surface area contributed by atoms with Crippen molar-refractivity contribution in [2.75, 3.05) is 6.54 Å². The Labute approximate surface area is 64.8 Å². The monoisotopic (exact) mass is 151 g/mol. The van der Waals surface area contributed by atoms with E-state index in [0.29, 0.717) is 6.54 Å². The first-order valence-corrected chi connectivity index (χ1v) is 3.47. The largest absolute Gasteiger partial charge is 0.317 e. The van der Waals surface area contributed by atoms with Crippen LogP contribution < -0.4 is 0 Å². The van der Waals surface area contributed by atoms with Crippen LogP contribution in [0.3, 0.4) is 0 Å². The molecule has 0 saturated carbocycles. The Kier molecular flexibility index (Phi) is 3.06. The molecule has 0 unspecified atom stereocenters. The van der Waals surface area contributed by atoms with Crippen LogP contribution in [-0.2, 0) is 6.54 Å². The summed E-state index contributed by atoms with van der Waals surface area (Å²) in [6, 6.07) is 0. The molecule has 11 heavy (non-hydrogen) atoms. The molecule has 1 aromatic heterocycles. The van der Waals surface area contributed by atoms with Crippen molar-refractivity contribution in [3.8, 4) is 0 Å². The highest BCUT2D eigenvalue weighted by Crippen LogP contribution is 1.92. The standard InChI is InChI=1S/C6H9N5/c1-7-4-2-3-5-11-6-8-9-10-11/h6H,2-5H2. The van der Waals surface area contributed by atoms with E-state index in [-0.39, 0.29) is 0 Å². The molecule has 0 saturated heterocycles. The van der Waals surface area contributed by atoms with Gasteiger partial charge >= 0.3 is 0 Å². The highest BCUT2D eigenvalue weighted by Gasteiger charge is 1.92. The Morgan fingerprint density at radius 3 is 3.00 bits per heavy atom. The molecule has 1 aromatic rings. The maximum Gasteiger partial charge on any atom is 0.214 e. The first kappa shape index (κ1) is 7.66. The average molecular weight is 151 g/mol. The third-order valence-corrected chi connectivity index (χ3v) is 1.30. The number of hydrogen-bond donors (Lipinski definition) is 0. The van der Waals surface area contributed by atoms with Crippen LogP contribution in [0.5, 0.6) is 0 Å². The third kappa shape index (κ3) is 2.76. The highest BCUT2D eigenvalue weighted by atomic mass is 15.5. The molecule has 0 N–H and O–H groups in total. The molecular formula is C6H9N5. The van der Waals surface area contributed by atoms with Crippen molar-refractivity contribution < 1.29 is 0 Å². The number of nitrogens with zero attached hydrogens (tertiary/aromatic N) is 5. The maximum atomic E-state index is 6.53. The van der Waals surface area contributed by atoms with Crippen LogP contribution in [0.2, 0.25) is 0 Å². The minimum Gasteiger partial charge on any atom is -0.317 e. The van der Waals surface area contributed by atoms with E-state index in [1.54, 1.807) is 11.0 Å². The molecule has 1 rings (SSSR count). The molecule has 0 atom stereocenters. The molecule has 0 spiro atoms. The van der Waals surface area contributed by atoms with Crippen LogP contribution in [0.15, 0.2) is 6.33 Å². The van der Waals surface area contributed by atoms with Gasteiger partial charge in [0, 0.05) is 13.0 Å². The van der Waals surface area contributed by atoms with Crippen molar-refractivity contribution in [3.63, 3.8) is 0 Å². The fourth-order valence-corrected chi connectivity index (χ4v) is 0.747. The summed E-state index contributed by atoms with van der Waals surface area (Å²) in [6.07, 6.45) is 3.47. The van der Waals surface area contributed by atoms with Gasteiger partial charge in [0.1, 0.15) is 6.33 Å². The molecule has 0 radical (unpaired) electrons. The predicted octanol–water partition coefficient (Wildman–Crippen LogP) is 0.373. The summed E-state index contributed by atoms with van der Waals surface area (Å²) in [5, 5.41) is 10.7. The van der Waals surface area contributed by atoms with Crippen LogP contribution >= 0.6 is 0 Å². The second-order valence-electron chi connectivity index (χ2n) is 2.16. The summed E-state index contributed by atoms with van der Waals surface area (Å²) in [7, 11) is 0. The van der Waals surface area contributed by atoms with E-state index < -0.39 is 0 Å². The van der Waals surface area contributed by atoms with Crippen molar-refractivity contribution in [1.82, 2.24) is 20.2 Å². The van der Waals surface area contributed by atoms with Gasteiger partial charge in [0.2, 0.25) is 6.54 Å². The van der Waals surface area contributed by atoms with Gasteiger partial charge in [0.25, 0.3) is 0 Å². The fourth-order valence-electron chi connectivity index (χ4n) is 0.747. The lowest BCUT2D eigenvalue weighted by Crippen LogP contribution is -1.99. The summed E-state index contributed by atoms with van der Waals surface area (Å²) >= 11 is 0. The Morgan fingerprint density at radius 2 is 2.36 bits per heavy atom. The Hall–Kier alpha value is -1.44. The minimum atomic E-state index is 0.599. The normalized spacial score (nSPS) is 9.36. The SMILES string of the molecule is [C-]#[N+]CCCCn1cnnn1. The smallest absolute Gasteiger partial charge is 0.214 e. The number of rotatable bonds is 4. The van der Waals surface area contributed by atoms with Crippen molar-refractivity contribution in [3.05, 3.63) is 17.7 Å². The van der Waals surface area contributed by atoms with Gasteiger partial charge in [-0.1, -0.05) is 0 Å². The van der Waals surface area contributed by atoms with Crippen molar-refractivity contribution in [1.29, 1.82) is 0 Å². The Balaban J connectivity index is 2.10. The molecule has 0 fully saturated rings. The zero-order valence-electron chi connectivity index (χ0n) is 6.14. The minimum absolute atomic E-state index is 0.599. The third-order valence-electron chi connectivity index (χ3n) is 1.30. The zero-order chi connectivity index (χ0) is 7.94. The van der Waals surface area contributed by atoms with E-state index in [1.807, 2.05) is 0 Å². The maximum absolute atomic E-state index is 6.53. The van der Waals surface area contributed by atoms with Gasteiger partial charge in [-0.2, -0.15) is 0 Å².